The number of urea groups is 1. The summed E-state index contributed by atoms with van der Waals surface area (Å²) >= 11 is 0. The zero-order valence-corrected chi connectivity index (χ0v) is 22.3. The van der Waals surface area contributed by atoms with Crippen LogP contribution in [-0.4, -0.2) is 50.0 Å². The highest BCUT2D eigenvalue weighted by atomic mass is 32.2. The Labute approximate surface area is 225 Å². The fourth-order valence-electron chi connectivity index (χ4n) is 3.94. The standard InChI is InChI=1S/C24H24F2N6O4S.H2S/c1-15-5-6-21(28-14-15)31(2)23(33)20(12-16-10-18(25)13-19(26)11-16)29-24(34)30-37(35,36)32-9-7-17-4-3-8-27-22(17)32;/h3-6,8,10-11,13-14,20H,7,9,12H2,1-2H3,(H2,29,30,34);1H2/t20-;/m0./s1. The van der Waals surface area contributed by atoms with Crippen LogP contribution in [-0.2, 0) is 27.8 Å². The molecule has 0 aliphatic carbocycles. The molecular weight excluding hydrogens is 538 g/mol. The third-order valence-corrected chi connectivity index (χ3v) is 7.11. The molecule has 14 heteroatoms. The Kier molecular flexibility index (Phi) is 8.89. The second kappa shape index (κ2) is 11.7. The summed E-state index contributed by atoms with van der Waals surface area (Å²) in [5.41, 5.74) is 1.65. The third kappa shape index (κ3) is 6.55. The second-order valence-corrected chi connectivity index (χ2v) is 10.1. The number of hydrogen-bond acceptors (Lipinski definition) is 6. The van der Waals surface area contributed by atoms with Crippen molar-refractivity contribution in [1.29, 1.82) is 0 Å². The van der Waals surface area contributed by atoms with E-state index in [0.717, 1.165) is 26.9 Å². The fourth-order valence-corrected chi connectivity index (χ4v) is 5.07. The molecule has 1 aromatic carbocycles. The van der Waals surface area contributed by atoms with Gasteiger partial charge in [0.1, 0.15) is 29.3 Å². The summed E-state index contributed by atoms with van der Waals surface area (Å²) < 4.78 is 56.2. The van der Waals surface area contributed by atoms with Gasteiger partial charge in [0.25, 0.3) is 5.91 Å². The first kappa shape index (κ1) is 28.8. The molecule has 4 rings (SSSR count). The first-order valence-corrected chi connectivity index (χ1v) is 12.7. The molecule has 3 heterocycles. The Morgan fingerprint density at radius 2 is 1.84 bits per heavy atom. The van der Waals surface area contributed by atoms with Gasteiger partial charge in [-0.2, -0.15) is 21.9 Å². The van der Waals surface area contributed by atoms with E-state index in [0.29, 0.717) is 18.1 Å². The Bertz CT molecular complexity index is 1420. The van der Waals surface area contributed by atoms with E-state index >= 15 is 0 Å². The maximum Gasteiger partial charge on any atom is 0.330 e. The summed E-state index contributed by atoms with van der Waals surface area (Å²) in [6.45, 7) is 1.90. The van der Waals surface area contributed by atoms with E-state index in [1.54, 1.807) is 30.5 Å². The molecule has 0 saturated heterocycles. The maximum atomic E-state index is 13.8. The largest absolute Gasteiger partial charge is 0.330 e. The molecule has 0 saturated carbocycles. The van der Waals surface area contributed by atoms with E-state index in [9.17, 15) is 26.8 Å². The number of carbonyl (C=O) groups excluding carboxylic acids is 2. The van der Waals surface area contributed by atoms with Gasteiger partial charge in [-0.05, 0) is 54.3 Å². The molecule has 0 unspecified atom stereocenters. The Hall–Kier alpha value is -3.78. The molecule has 0 radical (unpaired) electrons. The molecule has 0 fully saturated rings. The molecular formula is C24H26F2N6O4S2. The summed E-state index contributed by atoms with van der Waals surface area (Å²) in [5, 5.41) is 2.33. The molecule has 202 valence electrons. The minimum Gasteiger partial charge on any atom is -0.325 e. The number of nitrogens with zero attached hydrogens (tertiary/aromatic N) is 4. The van der Waals surface area contributed by atoms with Gasteiger partial charge in [0.15, 0.2) is 0 Å². The van der Waals surface area contributed by atoms with Crippen molar-refractivity contribution < 1.29 is 26.8 Å². The van der Waals surface area contributed by atoms with Crippen LogP contribution < -0.4 is 19.2 Å². The van der Waals surface area contributed by atoms with Gasteiger partial charge in [-0.25, -0.2) is 32.6 Å². The lowest BCUT2D eigenvalue weighted by atomic mass is 10.0. The molecule has 2 aromatic heterocycles. The number of anilines is 2. The average molecular weight is 565 g/mol. The third-order valence-electron chi connectivity index (χ3n) is 5.74. The Balaban J connectivity index is 0.00000400. The molecule has 38 heavy (non-hydrogen) atoms. The van der Waals surface area contributed by atoms with Gasteiger partial charge < -0.3 is 5.32 Å². The Morgan fingerprint density at radius 1 is 1.13 bits per heavy atom. The Morgan fingerprint density at radius 3 is 2.50 bits per heavy atom. The molecule has 1 aliphatic rings. The zero-order chi connectivity index (χ0) is 26.7. The zero-order valence-electron chi connectivity index (χ0n) is 20.5. The normalized spacial score (nSPS) is 13.2. The molecule has 2 N–H and O–H groups in total. The SMILES string of the molecule is Cc1ccc(N(C)C(=O)[C@H](Cc2cc(F)cc(F)c2)NC(=O)NS(=O)(=O)N2CCc3cccnc32)nc1.S. The summed E-state index contributed by atoms with van der Waals surface area (Å²) in [4.78, 5) is 35.5. The number of fused-ring (bicyclic) bond motifs is 1. The van der Waals surface area contributed by atoms with Crippen molar-refractivity contribution in [3.05, 3.63) is 83.2 Å². The highest BCUT2D eigenvalue weighted by Gasteiger charge is 2.33. The van der Waals surface area contributed by atoms with E-state index in [2.05, 4.69) is 15.3 Å². The van der Waals surface area contributed by atoms with Crippen molar-refractivity contribution in [1.82, 2.24) is 20.0 Å². The van der Waals surface area contributed by atoms with Gasteiger partial charge in [-0.15, -0.1) is 0 Å². The van der Waals surface area contributed by atoms with Crippen molar-refractivity contribution in [3.63, 3.8) is 0 Å². The quantitative estimate of drug-likeness (QED) is 0.454. The van der Waals surface area contributed by atoms with E-state index in [-0.39, 0.29) is 43.7 Å². The van der Waals surface area contributed by atoms with Crippen LogP contribution in [0.4, 0.5) is 25.2 Å². The van der Waals surface area contributed by atoms with E-state index in [1.807, 2.05) is 11.6 Å². The molecule has 0 spiro atoms. The number of carbonyl (C=O) groups is 2. The van der Waals surface area contributed by atoms with Gasteiger partial charge in [-0.3, -0.25) is 9.69 Å². The van der Waals surface area contributed by atoms with E-state index < -0.39 is 39.8 Å². The van der Waals surface area contributed by atoms with Crippen LogP contribution in [0, 0.1) is 18.6 Å². The lowest BCUT2D eigenvalue weighted by Gasteiger charge is -2.25. The summed E-state index contributed by atoms with van der Waals surface area (Å²) in [5.74, 6) is -1.93. The van der Waals surface area contributed by atoms with Crippen LogP contribution >= 0.6 is 13.5 Å². The van der Waals surface area contributed by atoms with Gasteiger partial charge >= 0.3 is 16.2 Å². The number of hydrogen-bond donors (Lipinski definition) is 2. The number of pyridine rings is 2. The smallest absolute Gasteiger partial charge is 0.325 e. The number of amides is 3. The van der Waals surface area contributed by atoms with Gasteiger partial charge in [0.2, 0.25) is 0 Å². The molecule has 1 aliphatic heterocycles. The number of benzene rings is 1. The predicted molar refractivity (Wildman–Crippen MR) is 142 cm³/mol. The number of likely N-dealkylation sites (N-methyl/N-ethyl adjacent to an activating group) is 1. The first-order chi connectivity index (χ1) is 17.5. The van der Waals surface area contributed by atoms with Crippen molar-refractivity contribution in [2.75, 3.05) is 22.8 Å². The van der Waals surface area contributed by atoms with Crippen molar-refractivity contribution in [2.24, 2.45) is 0 Å². The van der Waals surface area contributed by atoms with Gasteiger partial charge in [0, 0.05) is 38.5 Å². The topological polar surface area (TPSA) is 125 Å². The molecule has 3 amide bonds. The second-order valence-electron chi connectivity index (χ2n) is 8.51. The lowest BCUT2D eigenvalue weighted by Crippen LogP contribution is -2.54. The molecule has 3 aromatic rings. The van der Waals surface area contributed by atoms with E-state index in [4.69, 9.17) is 0 Å². The van der Waals surface area contributed by atoms with Gasteiger partial charge in [-0.1, -0.05) is 12.1 Å². The highest BCUT2D eigenvalue weighted by Crippen LogP contribution is 2.26. The van der Waals surface area contributed by atoms with Crippen LogP contribution in [0.1, 0.15) is 16.7 Å². The van der Waals surface area contributed by atoms with Crippen LogP contribution in [0.3, 0.4) is 0 Å². The molecule has 1 atom stereocenters. The molecule has 10 nitrogen and oxygen atoms in total. The number of halogens is 2. The van der Waals surface area contributed by atoms with Crippen LogP contribution in [0.25, 0.3) is 0 Å². The fraction of sp³-hybridized carbons (Fsp3) is 0.250. The van der Waals surface area contributed by atoms with Crippen LogP contribution in [0.2, 0.25) is 0 Å². The maximum absolute atomic E-state index is 13.8. The molecule has 0 bridgehead atoms. The van der Waals surface area contributed by atoms with Gasteiger partial charge in [0.05, 0.1) is 0 Å². The van der Waals surface area contributed by atoms with Crippen molar-refractivity contribution >= 4 is 47.3 Å². The lowest BCUT2D eigenvalue weighted by molar-refractivity contribution is -0.120. The predicted octanol–water partition coefficient (Wildman–Crippen LogP) is 2.36. The van der Waals surface area contributed by atoms with Crippen LogP contribution in [0.5, 0.6) is 0 Å². The number of aromatic nitrogens is 2. The van der Waals surface area contributed by atoms with Crippen molar-refractivity contribution in [2.45, 2.75) is 25.8 Å². The monoisotopic (exact) mass is 564 g/mol. The minimum absolute atomic E-state index is 0. The number of rotatable bonds is 7. The summed E-state index contributed by atoms with van der Waals surface area (Å²) in [7, 11) is -2.94. The van der Waals surface area contributed by atoms with Crippen molar-refractivity contribution in [3.8, 4) is 0 Å². The number of aryl methyl sites for hydroxylation is 1. The summed E-state index contributed by atoms with van der Waals surface area (Å²) in [6.07, 6.45) is 3.09. The highest BCUT2D eigenvalue weighted by molar-refractivity contribution is 7.91. The summed E-state index contributed by atoms with van der Waals surface area (Å²) in [6, 6.07) is 6.90. The number of nitrogens with one attached hydrogen (secondary N) is 2. The minimum atomic E-state index is -4.36. The van der Waals surface area contributed by atoms with Crippen LogP contribution in [0.15, 0.2) is 54.9 Å². The van der Waals surface area contributed by atoms with E-state index in [1.165, 1.54) is 13.2 Å². The first-order valence-electron chi connectivity index (χ1n) is 11.2. The average Bonchev–Trinajstić information content (AvgIpc) is 3.27.